The molecule has 1 amide bonds. The Balaban J connectivity index is 1.99. The number of anilines is 1. The van der Waals surface area contributed by atoms with Gasteiger partial charge in [-0.15, -0.1) is 0 Å². The van der Waals surface area contributed by atoms with Gasteiger partial charge in [0.2, 0.25) is 0 Å². The Morgan fingerprint density at radius 2 is 1.40 bits per heavy atom. The van der Waals surface area contributed by atoms with Crippen molar-refractivity contribution in [2.75, 3.05) is 11.5 Å². The monoisotopic (exact) mass is 461 g/mol. The highest BCUT2D eigenvalue weighted by Crippen LogP contribution is 2.29. The minimum Gasteiger partial charge on any atom is -0.462 e. The zero-order valence-electron chi connectivity index (χ0n) is 16.1. The summed E-state index contributed by atoms with van der Waals surface area (Å²) in [6, 6.07) is 18.4. The van der Waals surface area contributed by atoms with E-state index in [-0.39, 0.29) is 19.1 Å². The topological polar surface area (TPSA) is 46.6 Å². The molecule has 0 bridgehead atoms. The van der Waals surface area contributed by atoms with Gasteiger partial charge in [0.25, 0.3) is 5.91 Å². The number of ether oxygens (including phenoxy) is 1. The fourth-order valence-corrected chi connectivity index (χ4v) is 3.50. The number of rotatable bonds is 6. The molecule has 3 aromatic rings. The molecule has 0 aliphatic heterocycles. The first kappa shape index (κ1) is 22.2. The van der Waals surface area contributed by atoms with Crippen molar-refractivity contribution in [3.8, 4) is 0 Å². The molecule has 0 N–H and O–H groups in total. The summed E-state index contributed by atoms with van der Waals surface area (Å²) in [5.41, 5.74) is 2.06. The SMILES string of the molecule is CCOC(=O)c1ccc(N(Cc2c(Cl)cccc2Cl)C(=O)c2ccc(Cl)cc2)cc1. The van der Waals surface area contributed by atoms with Gasteiger partial charge in [-0.1, -0.05) is 40.9 Å². The molecule has 0 aliphatic carbocycles. The molecule has 3 rings (SSSR count). The van der Waals surface area contributed by atoms with E-state index < -0.39 is 5.97 Å². The van der Waals surface area contributed by atoms with E-state index in [2.05, 4.69) is 0 Å². The largest absolute Gasteiger partial charge is 0.462 e. The van der Waals surface area contributed by atoms with Crippen LogP contribution in [0.2, 0.25) is 15.1 Å². The lowest BCUT2D eigenvalue weighted by molar-refractivity contribution is 0.0526. The maximum atomic E-state index is 13.3. The Morgan fingerprint density at radius 1 is 0.833 bits per heavy atom. The number of hydrogen-bond donors (Lipinski definition) is 0. The Labute approximate surface area is 189 Å². The number of halogens is 3. The average molecular weight is 463 g/mol. The third kappa shape index (κ3) is 5.14. The van der Waals surface area contributed by atoms with Crippen LogP contribution in [-0.4, -0.2) is 18.5 Å². The Bertz CT molecular complexity index is 1030. The molecule has 0 spiro atoms. The molecule has 30 heavy (non-hydrogen) atoms. The molecule has 0 saturated heterocycles. The second-order valence-electron chi connectivity index (χ2n) is 6.37. The van der Waals surface area contributed by atoms with Crippen molar-refractivity contribution in [1.29, 1.82) is 0 Å². The third-order valence-electron chi connectivity index (χ3n) is 4.40. The maximum absolute atomic E-state index is 13.3. The van der Waals surface area contributed by atoms with Crippen LogP contribution in [0.4, 0.5) is 5.69 Å². The molecule has 0 radical (unpaired) electrons. The highest BCUT2D eigenvalue weighted by atomic mass is 35.5. The van der Waals surface area contributed by atoms with Crippen molar-refractivity contribution < 1.29 is 14.3 Å². The molecule has 4 nitrogen and oxygen atoms in total. The molecule has 0 heterocycles. The average Bonchev–Trinajstić information content (AvgIpc) is 2.74. The first-order valence-electron chi connectivity index (χ1n) is 9.18. The molecule has 154 valence electrons. The van der Waals surface area contributed by atoms with Crippen LogP contribution in [-0.2, 0) is 11.3 Å². The van der Waals surface area contributed by atoms with Crippen LogP contribution in [0.25, 0.3) is 0 Å². The van der Waals surface area contributed by atoms with Crippen molar-refractivity contribution in [1.82, 2.24) is 0 Å². The van der Waals surface area contributed by atoms with Crippen LogP contribution < -0.4 is 4.90 Å². The summed E-state index contributed by atoms with van der Waals surface area (Å²) in [5, 5.41) is 1.45. The fraction of sp³-hybridized carbons (Fsp3) is 0.130. The summed E-state index contributed by atoms with van der Waals surface area (Å²) in [4.78, 5) is 26.8. The van der Waals surface area contributed by atoms with E-state index in [0.717, 1.165) is 0 Å². The zero-order chi connectivity index (χ0) is 21.7. The normalized spacial score (nSPS) is 10.5. The van der Waals surface area contributed by atoms with Crippen LogP contribution in [0.3, 0.4) is 0 Å². The summed E-state index contributed by atoms with van der Waals surface area (Å²) >= 11 is 18.6. The second kappa shape index (κ2) is 9.98. The van der Waals surface area contributed by atoms with Gasteiger partial charge in [-0.2, -0.15) is 0 Å². The number of carbonyl (C=O) groups excluding carboxylic acids is 2. The minimum atomic E-state index is -0.422. The smallest absolute Gasteiger partial charge is 0.338 e. The summed E-state index contributed by atoms with van der Waals surface area (Å²) in [6.45, 7) is 2.18. The second-order valence-corrected chi connectivity index (χ2v) is 7.62. The number of esters is 1. The minimum absolute atomic E-state index is 0.152. The number of hydrogen-bond acceptors (Lipinski definition) is 3. The van der Waals surface area contributed by atoms with Gasteiger partial charge < -0.3 is 9.64 Å². The lowest BCUT2D eigenvalue weighted by Crippen LogP contribution is -2.30. The van der Waals surface area contributed by atoms with E-state index in [1.165, 1.54) is 0 Å². The van der Waals surface area contributed by atoms with Gasteiger partial charge in [-0.25, -0.2) is 4.79 Å². The fourth-order valence-electron chi connectivity index (χ4n) is 2.86. The number of nitrogens with zero attached hydrogens (tertiary/aromatic N) is 1. The molecule has 0 aromatic heterocycles. The molecule has 7 heteroatoms. The highest BCUT2D eigenvalue weighted by molar-refractivity contribution is 6.36. The van der Waals surface area contributed by atoms with Gasteiger partial charge in [0.1, 0.15) is 0 Å². The summed E-state index contributed by atoms with van der Waals surface area (Å²) in [6.07, 6.45) is 0. The van der Waals surface area contributed by atoms with Gasteiger partial charge in [-0.05, 0) is 67.6 Å². The molecular weight excluding hydrogens is 445 g/mol. The Morgan fingerprint density at radius 3 is 1.97 bits per heavy atom. The van der Waals surface area contributed by atoms with Gasteiger partial charge in [-0.3, -0.25) is 4.79 Å². The maximum Gasteiger partial charge on any atom is 0.338 e. The lowest BCUT2D eigenvalue weighted by Gasteiger charge is -2.24. The Kier molecular flexibility index (Phi) is 7.38. The summed E-state index contributed by atoms with van der Waals surface area (Å²) in [7, 11) is 0. The zero-order valence-corrected chi connectivity index (χ0v) is 18.3. The predicted octanol–water partition coefficient (Wildman–Crippen LogP) is 6.67. The molecular formula is C23H18Cl3NO3. The molecule has 3 aromatic carbocycles. The van der Waals surface area contributed by atoms with Crippen molar-refractivity contribution in [3.05, 3.63) is 98.5 Å². The van der Waals surface area contributed by atoms with Crippen molar-refractivity contribution in [3.63, 3.8) is 0 Å². The van der Waals surface area contributed by atoms with Crippen molar-refractivity contribution >= 4 is 52.4 Å². The summed E-state index contributed by atoms with van der Waals surface area (Å²) in [5.74, 6) is -0.680. The van der Waals surface area contributed by atoms with Crippen LogP contribution in [0.5, 0.6) is 0 Å². The van der Waals surface area contributed by atoms with Gasteiger partial charge in [0.05, 0.1) is 18.7 Å². The van der Waals surface area contributed by atoms with Gasteiger partial charge in [0, 0.05) is 31.9 Å². The first-order valence-corrected chi connectivity index (χ1v) is 10.3. The third-order valence-corrected chi connectivity index (χ3v) is 5.36. The first-order chi connectivity index (χ1) is 14.4. The highest BCUT2D eigenvalue weighted by Gasteiger charge is 2.21. The standard InChI is InChI=1S/C23H18Cl3NO3/c1-2-30-23(29)16-8-12-18(13-9-16)27(14-19-20(25)4-3-5-21(19)26)22(28)15-6-10-17(24)11-7-15/h3-13H,2,14H2,1H3. The van der Waals surface area contributed by atoms with E-state index in [0.29, 0.717) is 37.4 Å². The van der Waals surface area contributed by atoms with E-state index >= 15 is 0 Å². The molecule has 0 fully saturated rings. The molecule has 0 unspecified atom stereocenters. The van der Waals surface area contributed by atoms with Crippen molar-refractivity contribution in [2.45, 2.75) is 13.5 Å². The summed E-state index contributed by atoms with van der Waals surface area (Å²) < 4.78 is 5.02. The number of amides is 1. The van der Waals surface area contributed by atoms with Crippen LogP contribution in [0, 0.1) is 0 Å². The quantitative estimate of drug-likeness (QED) is 0.384. The van der Waals surface area contributed by atoms with E-state index in [4.69, 9.17) is 39.5 Å². The van der Waals surface area contributed by atoms with Crippen LogP contribution in [0.1, 0.15) is 33.2 Å². The van der Waals surface area contributed by atoms with Crippen LogP contribution >= 0.6 is 34.8 Å². The van der Waals surface area contributed by atoms with Gasteiger partial charge >= 0.3 is 5.97 Å². The van der Waals surface area contributed by atoms with E-state index in [1.807, 2.05) is 0 Å². The molecule has 0 atom stereocenters. The van der Waals surface area contributed by atoms with Crippen molar-refractivity contribution in [2.24, 2.45) is 0 Å². The van der Waals surface area contributed by atoms with Gasteiger partial charge in [0.15, 0.2) is 0 Å². The predicted molar refractivity (Wildman–Crippen MR) is 121 cm³/mol. The Hall–Kier alpha value is -2.53. The number of benzene rings is 3. The molecule has 0 saturated carbocycles. The molecule has 0 aliphatic rings. The van der Waals surface area contributed by atoms with E-state index in [1.54, 1.807) is 78.6 Å². The van der Waals surface area contributed by atoms with E-state index in [9.17, 15) is 9.59 Å². The lowest BCUT2D eigenvalue weighted by atomic mass is 10.1. The number of carbonyl (C=O) groups is 2. The van der Waals surface area contributed by atoms with Crippen LogP contribution in [0.15, 0.2) is 66.7 Å².